The van der Waals surface area contributed by atoms with Gasteiger partial charge in [0.05, 0.1) is 19.2 Å². The van der Waals surface area contributed by atoms with Crippen molar-refractivity contribution in [1.29, 1.82) is 0 Å². The molecule has 0 saturated heterocycles. The Bertz CT molecular complexity index is 387. The van der Waals surface area contributed by atoms with Crippen molar-refractivity contribution in [3.63, 3.8) is 0 Å². The van der Waals surface area contributed by atoms with Gasteiger partial charge < -0.3 is 19.3 Å². The van der Waals surface area contributed by atoms with Crippen LogP contribution in [0.3, 0.4) is 0 Å². The zero-order valence-electron chi connectivity index (χ0n) is 8.56. The molecule has 1 atom stereocenters. The number of fused-ring (bicyclic) bond motifs is 1. The highest BCUT2D eigenvalue weighted by molar-refractivity contribution is 5.65. The Morgan fingerprint density at radius 2 is 2.47 bits per heavy atom. The average Bonchev–Trinajstić information content (AvgIpc) is 2.60. The summed E-state index contributed by atoms with van der Waals surface area (Å²) in [6, 6.07) is 0. The van der Waals surface area contributed by atoms with Gasteiger partial charge in [0, 0.05) is 12.5 Å². The molecule has 1 unspecified atom stereocenters. The van der Waals surface area contributed by atoms with E-state index in [9.17, 15) is 4.79 Å². The molecule has 15 heavy (non-hydrogen) atoms. The van der Waals surface area contributed by atoms with Gasteiger partial charge in [0.2, 0.25) is 0 Å². The lowest BCUT2D eigenvalue weighted by molar-refractivity contribution is 0.132. The minimum atomic E-state index is -0.934. The third-order valence-corrected chi connectivity index (χ3v) is 2.54. The number of rotatable bonds is 1. The fourth-order valence-corrected chi connectivity index (χ4v) is 1.81. The highest BCUT2D eigenvalue weighted by Crippen LogP contribution is 2.33. The Morgan fingerprint density at radius 1 is 1.73 bits per heavy atom. The van der Waals surface area contributed by atoms with Crippen LogP contribution in [0.1, 0.15) is 24.2 Å². The largest absolute Gasteiger partial charge is 0.479 e. The third-order valence-electron chi connectivity index (χ3n) is 2.54. The summed E-state index contributed by atoms with van der Waals surface area (Å²) in [4.78, 5) is 12.2. The molecule has 0 aromatic carbocycles. The van der Waals surface area contributed by atoms with Gasteiger partial charge >= 0.3 is 6.09 Å². The van der Waals surface area contributed by atoms with Crippen LogP contribution in [-0.2, 0) is 6.54 Å². The normalized spacial score (nSPS) is 19.9. The molecule has 1 N–H and O–H groups in total. The molecule has 1 aliphatic rings. The van der Waals surface area contributed by atoms with Gasteiger partial charge in [0.25, 0.3) is 5.88 Å². The minimum absolute atomic E-state index is 0.0150. The van der Waals surface area contributed by atoms with Crippen molar-refractivity contribution < 1.29 is 19.2 Å². The molecule has 6 nitrogen and oxygen atoms in total. The minimum Gasteiger partial charge on any atom is -0.479 e. The number of carbonyl (C=O) groups is 1. The maximum absolute atomic E-state index is 10.9. The number of hydrogen-bond donors (Lipinski definition) is 1. The second-order valence-corrected chi connectivity index (χ2v) is 3.60. The van der Waals surface area contributed by atoms with Gasteiger partial charge in [-0.15, -0.1) is 0 Å². The van der Waals surface area contributed by atoms with Crippen LogP contribution in [0.15, 0.2) is 4.52 Å². The van der Waals surface area contributed by atoms with E-state index in [-0.39, 0.29) is 12.5 Å². The Labute approximate surface area is 86.4 Å². The molecule has 2 rings (SSSR count). The highest BCUT2D eigenvalue weighted by atomic mass is 16.5. The van der Waals surface area contributed by atoms with E-state index in [0.29, 0.717) is 12.4 Å². The summed E-state index contributed by atoms with van der Waals surface area (Å²) in [5.74, 6) is 1.12. The standard InChI is InChI=1S/C9H12N2O4/c1-5-3-11(9(12)13)4-6-7(5)15-10-8(6)14-2/h5H,3-4H2,1-2H3,(H,12,13). The first kappa shape index (κ1) is 9.82. The molecule has 0 fully saturated rings. The van der Waals surface area contributed by atoms with E-state index < -0.39 is 6.09 Å². The lowest BCUT2D eigenvalue weighted by Gasteiger charge is -2.26. The van der Waals surface area contributed by atoms with Crippen molar-refractivity contribution in [2.75, 3.05) is 13.7 Å². The van der Waals surface area contributed by atoms with E-state index in [1.54, 1.807) is 0 Å². The van der Waals surface area contributed by atoms with Gasteiger partial charge in [0.15, 0.2) is 0 Å². The van der Waals surface area contributed by atoms with Crippen molar-refractivity contribution in [3.8, 4) is 5.88 Å². The smallest absolute Gasteiger partial charge is 0.407 e. The molecule has 0 bridgehead atoms. The van der Waals surface area contributed by atoms with Crippen LogP contribution < -0.4 is 4.74 Å². The predicted octanol–water partition coefficient (Wildman–Crippen LogP) is 1.28. The van der Waals surface area contributed by atoms with Crippen LogP contribution in [0.5, 0.6) is 5.88 Å². The molecule has 0 aliphatic carbocycles. The summed E-state index contributed by atoms with van der Waals surface area (Å²) in [5.41, 5.74) is 0.735. The van der Waals surface area contributed by atoms with Crippen LogP contribution in [0.25, 0.3) is 0 Å². The van der Waals surface area contributed by atoms with Gasteiger partial charge in [0.1, 0.15) is 5.76 Å². The number of ether oxygens (including phenoxy) is 1. The summed E-state index contributed by atoms with van der Waals surface area (Å²) in [7, 11) is 1.49. The molecule has 2 heterocycles. The topological polar surface area (TPSA) is 75.8 Å². The lowest BCUT2D eigenvalue weighted by atomic mass is 9.99. The number of carboxylic acid groups (broad SMARTS) is 1. The first-order chi connectivity index (χ1) is 7.13. The Morgan fingerprint density at radius 3 is 3.07 bits per heavy atom. The molecule has 1 aromatic rings. The van der Waals surface area contributed by atoms with Crippen LogP contribution in [-0.4, -0.2) is 34.9 Å². The molecular formula is C9H12N2O4. The molecule has 1 amide bonds. The quantitative estimate of drug-likeness (QED) is 0.758. The lowest BCUT2D eigenvalue weighted by Crippen LogP contribution is -2.36. The van der Waals surface area contributed by atoms with Gasteiger partial charge in [-0.3, -0.25) is 0 Å². The van der Waals surface area contributed by atoms with Crippen LogP contribution in [0.2, 0.25) is 0 Å². The van der Waals surface area contributed by atoms with E-state index in [1.165, 1.54) is 12.0 Å². The number of hydrogen-bond acceptors (Lipinski definition) is 4. The van der Waals surface area contributed by atoms with Gasteiger partial charge in [-0.05, 0) is 5.16 Å². The van der Waals surface area contributed by atoms with E-state index in [4.69, 9.17) is 14.4 Å². The second-order valence-electron chi connectivity index (χ2n) is 3.60. The van der Waals surface area contributed by atoms with Crippen molar-refractivity contribution in [2.24, 2.45) is 0 Å². The van der Waals surface area contributed by atoms with Crippen molar-refractivity contribution in [1.82, 2.24) is 10.1 Å². The Balaban J connectivity index is 2.35. The summed E-state index contributed by atoms with van der Waals surface area (Å²) < 4.78 is 10.1. The maximum atomic E-state index is 10.9. The first-order valence-corrected chi connectivity index (χ1v) is 4.63. The summed E-state index contributed by atoms with van der Waals surface area (Å²) in [5, 5.41) is 12.7. The van der Waals surface area contributed by atoms with Gasteiger partial charge in [-0.2, -0.15) is 0 Å². The van der Waals surface area contributed by atoms with E-state index in [1.807, 2.05) is 6.92 Å². The molecule has 6 heteroatoms. The maximum Gasteiger partial charge on any atom is 0.407 e. The zero-order valence-corrected chi connectivity index (χ0v) is 8.56. The molecule has 0 spiro atoms. The predicted molar refractivity (Wildman–Crippen MR) is 49.9 cm³/mol. The average molecular weight is 212 g/mol. The molecule has 1 aliphatic heterocycles. The monoisotopic (exact) mass is 212 g/mol. The zero-order chi connectivity index (χ0) is 11.0. The molecule has 0 radical (unpaired) electrons. The number of aromatic nitrogens is 1. The third kappa shape index (κ3) is 1.51. The van der Waals surface area contributed by atoms with E-state index >= 15 is 0 Å². The van der Waals surface area contributed by atoms with Crippen molar-refractivity contribution >= 4 is 6.09 Å². The number of methoxy groups -OCH3 is 1. The SMILES string of the molecule is COc1noc2c1CN(C(=O)O)CC2C. The highest BCUT2D eigenvalue weighted by Gasteiger charge is 2.32. The van der Waals surface area contributed by atoms with Gasteiger partial charge in [-0.25, -0.2) is 4.79 Å². The van der Waals surface area contributed by atoms with Crippen LogP contribution >= 0.6 is 0 Å². The second kappa shape index (κ2) is 3.45. The molecule has 0 saturated carbocycles. The Hall–Kier alpha value is -1.72. The van der Waals surface area contributed by atoms with Crippen molar-refractivity contribution in [3.05, 3.63) is 11.3 Å². The summed E-state index contributed by atoms with van der Waals surface area (Å²) in [6.45, 7) is 2.61. The fourth-order valence-electron chi connectivity index (χ4n) is 1.81. The fraction of sp³-hybridized carbons (Fsp3) is 0.556. The number of amides is 1. The van der Waals surface area contributed by atoms with Crippen LogP contribution in [0.4, 0.5) is 4.79 Å². The van der Waals surface area contributed by atoms with Crippen LogP contribution in [0, 0.1) is 0 Å². The van der Waals surface area contributed by atoms with E-state index in [0.717, 1.165) is 11.3 Å². The van der Waals surface area contributed by atoms with Gasteiger partial charge in [-0.1, -0.05) is 6.92 Å². The summed E-state index contributed by atoms with van der Waals surface area (Å²) in [6.07, 6.45) is -0.934. The summed E-state index contributed by atoms with van der Waals surface area (Å²) >= 11 is 0. The number of nitrogens with zero attached hydrogens (tertiary/aromatic N) is 2. The molecular weight excluding hydrogens is 200 g/mol. The molecule has 1 aromatic heterocycles. The first-order valence-electron chi connectivity index (χ1n) is 4.63. The van der Waals surface area contributed by atoms with E-state index in [2.05, 4.69) is 5.16 Å². The Kier molecular flexibility index (Phi) is 2.26. The molecule has 82 valence electrons. The van der Waals surface area contributed by atoms with Crippen molar-refractivity contribution in [2.45, 2.75) is 19.4 Å².